The number of benzene rings is 2. The average molecular weight is 254 g/mol. The number of fused-ring (bicyclic) bond motifs is 1. The van der Waals surface area contributed by atoms with E-state index in [4.69, 9.17) is 0 Å². The molecular formula is C15H11FN2O. The Morgan fingerprint density at radius 3 is 2.74 bits per heavy atom. The van der Waals surface area contributed by atoms with Crippen LogP contribution in [0.2, 0.25) is 0 Å². The van der Waals surface area contributed by atoms with Gasteiger partial charge in [0.2, 0.25) is 0 Å². The SMILES string of the molecule is CC(=O)c1ccc(-n2ncc3ccccc32)c(F)c1. The van der Waals surface area contributed by atoms with Gasteiger partial charge in [0.05, 0.1) is 11.7 Å². The van der Waals surface area contributed by atoms with E-state index in [-0.39, 0.29) is 5.78 Å². The number of aromatic nitrogens is 2. The van der Waals surface area contributed by atoms with Crippen LogP contribution in [0.15, 0.2) is 48.7 Å². The Bertz CT molecular complexity index is 777. The van der Waals surface area contributed by atoms with Crippen LogP contribution in [-0.4, -0.2) is 15.6 Å². The molecule has 0 unspecified atom stereocenters. The number of halogens is 1. The van der Waals surface area contributed by atoms with Gasteiger partial charge in [-0.05, 0) is 31.2 Å². The number of hydrogen-bond donors (Lipinski definition) is 0. The van der Waals surface area contributed by atoms with Crippen molar-refractivity contribution in [1.29, 1.82) is 0 Å². The van der Waals surface area contributed by atoms with Gasteiger partial charge in [0.25, 0.3) is 0 Å². The Morgan fingerprint density at radius 1 is 1.21 bits per heavy atom. The third-order valence-electron chi connectivity index (χ3n) is 3.06. The zero-order chi connectivity index (χ0) is 13.4. The molecule has 2 aromatic carbocycles. The molecule has 3 nitrogen and oxygen atoms in total. The van der Waals surface area contributed by atoms with Gasteiger partial charge < -0.3 is 0 Å². The Morgan fingerprint density at radius 2 is 2.00 bits per heavy atom. The molecule has 3 rings (SSSR count). The maximum atomic E-state index is 14.1. The van der Waals surface area contributed by atoms with E-state index < -0.39 is 5.82 Å². The minimum Gasteiger partial charge on any atom is -0.295 e. The second-order valence-electron chi connectivity index (χ2n) is 4.34. The van der Waals surface area contributed by atoms with Gasteiger partial charge in [-0.1, -0.05) is 18.2 Å². The number of rotatable bonds is 2. The lowest BCUT2D eigenvalue weighted by molar-refractivity contribution is 0.101. The van der Waals surface area contributed by atoms with Crippen molar-refractivity contribution in [1.82, 2.24) is 9.78 Å². The molecule has 0 bridgehead atoms. The number of ketones is 1. The van der Waals surface area contributed by atoms with Crippen LogP contribution in [0.5, 0.6) is 0 Å². The van der Waals surface area contributed by atoms with E-state index >= 15 is 0 Å². The van der Waals surface area contributed by atoms with Crippen molar-refractivity contribution >= 4 is 16.7 Å². The highest BCUT2D eigenvalue weighted by Gasteiger charge is 2.11. The van der Waals surface area contributed by atoms with Gasteiger partial charge in [0, 0.05) is 10.9 Å². The van der Waals surface area contributed by atoms with Crippen molar-refractivity contribution in [3.8, 4) is 5.69 Å². The summed E-state index contributed by atoms with van der Waals surface area (Å²) < 4.78 is 15.6. The summed E-state index contributed by atoms with van der Waals surface area (Å²) in [5.74, 6) is -0.614. The van der Waals surface area contributed by atoms with Crippen LogP contribution in [0.3, 0.4) is 0 Å². The fraction of sp³-hybridized carbons (Fsp3) is 0.0667. The third-order valence-corrected chi connectivity index (χ3v) is 3.06. The van der Waals surface area contributed by atoms with E-state index in [1.165, 1.54) is 17.7 Å². The van der Waals surface area contributed by atoms with Gasteiger partial charge in [-0.2, -0.15) is 5.10 Å². The molecule has 4 heteroatoms. The van der Waals surface area contributed by atoms with Gasteiger partial charge in [0.15, 0.2) is 5.78 Å². The van der Waals surface area contributed by atoms with E-state index in [0.29, 0.717) is 11.3 Å². The van der Waals surface area contributed by atoms with Crippen molar-refractivity contribution in [2.24, 2.45) is 0 Å². The molecule has 0 saturated heterocycles. The predicted molar refractivity (Wildman–Crippen MR) is 71.0 cm³/mol. The van der Waals surface area contributed by atoms with Gasteiger partial charge in [0.1, 0.15) is 11.5 Å². The molecule has 94 valence electrons. The van der Waals surface area contributed by atoms with Crippen molar-refractivity contribution in [3.05, 3.63) is 60.0 Å². The molecule has 0 fully saturated rings. The molecule has 1 heterocycles. The lowest BCUT2D eigenvalue weighted by Crippen LogP contribution is -2.02. The van der Waals surface area contributed by atoms with Crippen LogP contribution in [0.4, 0.5) is 4.39 Å². The lowest BCUT2D eigenvalue weighted by atomic mass is 10.1. The summed E-state index contributed by atoms with van der Waals surface area (Å²) in [6.07, 6.45) is 1.69. The second kappa shape index (κ2) is 4.31. The van der Waals surface area contributed by atoms with Crippen molar-refractivity contribution < 1.29 is 9.18 Å². The van der Waals surface area contributed by atoms with Crippen LogP contribution in [0.1, 0.15) is 17.3 Å². The van der Waals surface area contributed by atoms with Gasteiger partial charge in [-0.3, -0.25) is 4.79 Å². The van der Waals surface area contributed by atoms with Crippen LogP contribution >= 0.6 is 0 Å². The molecule has 1 aromatic heterocycles. The Hall–Kier alpha value is -2.49. The molecule has 0 atom stereocenters. The minimum absolute atomic E-state index is 0.157. The summed E-state index contributed by atoms with van der Waals surface area (Å²) >= 11 is 0. The lowest BCUT2D eigenvalue weighted by Gasteiger charge is -2.06. The molecule has 19 heavy (non-hydrogen) atoms. The summed E-state index contributed by atoms with van der Waals surface area (Å²) in [6, 6.07) is 12.0. The van der Waals surface area contributed by atoms with Gasteiger partial charge >= 0.3 is 0 Å². The number of carbonyl (C=O) groups excluding carboxylic acids is 1. The second-order valence-corrected chi connectivity index (χ2v) is 4.34. The smallest absolute Gasteiger partial charge is 0.159 e. The highest BCUT2D eigenvalue weighted by Crippen LogP contribution is 2.21. The molecule has 0 amide bonds. The third kappa shape index (κ3) is 1.91. The highest BCUT2D eigenvalue weighted by atomic mass is 19.1. The predicted octanol–water partition coefficient (Wildman–Crippen LogP) is 3.37. The van der Waals surface area contributed by atoms with Crippen molar-refractivity contribution in [2.75, 3.05) is 0 Å². The first kappa shape index (κ1) is 11.6. The van der Waals surface area contributed by atoms with Gasteiger partial charge in [-0.25, -0.2) is 9.07 Å². The fourth-order valence-corrected chi connectivity index (χ4v) is 2.06. The number of carbonyl (C=O) groups is 1. The Labute approximate surface area is 109 Å². The Balaban J connectivity index is 2.19. The van der Waals surface area contributed by atoms with Crippen molar-refractivity contribution in [3.63, 3.8) is 0 Å². The summed E-state index contributed by atoms with van der Waals surface area (Å²) in [5.41, 5.74) is 1.53. The molecule has 3 aromatic rings. The molecule has 0 aliphatic carbocycles. The van der Waals surface area contributed by atoms with Crippen LogP contribution in [0.25, 0.3) is 16.6 Å². The van der Waals surface area contributed by atoms with E-state index in [1.807, 2.05) is 24.3 Å². The first-order valence-electron chi connectivity index (χ1n) is 5.90. The number of para-hydroxylation sites is 1. The Kier molecular flexibility index (Phi) is 2.63. The van der Waals surface area contributed by atoms with Gasteiger partial charge in [-0.15, -0.1) is 0 Å². The molecule has 0 N–H and O–H groups in total. The molecule has 0 radical (unpaired) electrons. The van der Waals surface area contributed by atoms with Crippen molar-refractivity contribution in [2.45, 2.75) is 6.92 Å². The van der Waals surface area contributed by atoms with Crippen LogP contribution in [0, 0.1) is 5.82 Å². The van der Waals surface area contributed by atoms with Crippen LogP contribution < -0.4 is 0 Å². The summed E-state index contributed by atoms with van der Waals surface area (Å²) in [7, 11) is 0. The number of hydrogen-bond acceptors (Lipinski definition) is 2. The maximum absolute atomic E-state index is 14.1. The minimum atomic E-state index is -0.457. The standard InChI is InChI=1S/C15H11FN2O/c1-10(19)11-6-7-15(13(16)8-11)18-14-5-3-2-4-12(14)9-17-18/h2-9H,1H3. The fourth-order valence-electron chi connectivity index (χ4n) is 2.06. The highest BCUT2D eigenvalue weighted by molar-refractivity contribution is 5.94. The first-order chi connectivity index (χ1) is 9.16. The largest absolute Gasteiger partial charge is 0.295 e. The van der Waals surface area contributed by atoms with E-state index in [2.05, 4.69) is 5.10 Å². The monoisotopic (exact) mass is 254 g/mol. The zero-order valence-corrected chi connectivity index (χ0v) is 10.3. The topological polar surface area (TPSA) is 34.9 Å². The summed E-state index contributed by atoms with van der Waals surface area (Å²) in [5, 5.41) is 5.13. The molecule has 0 aliphatic heterocycles. The molecule has 0 spiro atoms. The summed E-state index contributed by atoms with van der Waals surface area (Å²) in [4.78, 5) is 11.2. The molecular weight excluding hydrogens is 243 g/mol. The molecule has 0 aliphatic rings. The number of Topliss-reactive ketones (excluding diaryl/α,β-unsaturated/α-hetero) is 1. The first-order valence-corrected chi connectivity index (χ1v) is 5.90. The van der Waals surface area contributed by atoms with E-state index in [0.717, 1.165) is 10.9 Å². The molecule has 0 saturated carbocycles. The quantitative estimate of drug-likeness (QED) is 0.657. The van der Waals surface area contributed by atoms with Crippen LogP contribution in [-0.2, 0) is 0 Å². The summed E-state index contributed by atoms with van der Waals surface area (Å²) in [6.45, 7) is 1.41. The zero-order valence-electron chi connectivity index (χ0n) is 10.3. The normalized spacial score (nSPS) is 10.8. The van der Waals surface area contributed by atoms with E-state index in [9.17, 15) is 9.18 Å². The maximum Gasteiger partial charge on any atom is 0.159 e. The number of nitrogens with zero attached hydrogens (tertiary/aromatic N) is 2. The average Bonchev–Trinajstić information content (AvgIpc) is 2.82. The van der Waals surface area contributed by atoms with E-state index in [1.54, 1.807) is 18.3 Å².